The van der Waals surface area contributed by atoms with E-state index in [1.165, 1.54) is 4.90 Å². The highest BCUT2D eigenvalue weighted by molar-refractivity contribution is 6.25. The molecule has 1 saturated heterocycles. The first kappa shape index (κ1) is 24.3. The maximum atomic E-state index is 14.3. The van der Waals surface area contributed by atoms with Gasteiger partial charge < -0.3 is 9.47 Å². The van der Waals surface area contributed by atoms with Crippen LogP contribution in [0.2, 0.25) is 0 Å². The molecule has 3 aliphatic rings. The molecule has 0 spiro atoms. The largest absolute Gasteiger partial charge is 0.497 e. The van der Waals surface area contributed by atoms with Crippen molar-refractivity contribution in [3.8, 4) is 11.5 Å². The Morgan fingerprint density at radius 2 is 1.57 bits per heavy atom. The van der Waals surface area contributed by atoms with Crippen molar-refractivity contribution < 1.29 is 23.9 Å². The number of hydrogen-bond acceptors (Lipinski definition) is 5. The fraction of sp³-hybridized carbons (Fsp3) is 0.206. The molecule has 40 heavy (non-hydrogen) atoms. The normalized spacial score (nSPS) is 23.3. The fourth-order valence-electron chi connectivity index (χ4n) is 6.68. The molecule has 2 heterocycles. The minimum absolute atomic E-state index is 0.295. The lowest BCUT2D eigenvalue weighted by atomic mass is 9.64. The van der Waals surface area contributed by atoms with Gasteiger partial charge in [0, 0.05) is 11.5 Å². The van der Waals surface area contributed by atoms with Gasteiger partial charge in [-0.1, -0.05) is 60.7 Å². The van der Waals surface area contributed by atoms with E-state index in [1.54, 1.807) is 7.11 Å². The number of carbonyl (C=O) groups is 3. The molecule has 4 atom stereocenters. The van der Waals surface area contributed by atoms with Crippen molar-refractivity contribution in [3.63, 3.8) is 0 Å². The Morgan fingerprint density at radius 1 is 0.825 bits per heavy atom. The third-order valence-electron chi connectivity index (χ3n) is 8.59. The standard InChI is InChI=1S/C34H27NO5/c1-18-8-9-19(2)26(16-18)35-32(36)29-24(21-10-13-22(39-3)14-11-21)17-25-28-23-7-5-4-6-20(23)12-15-27(28)40-34(38)30(25)31(29)33(35)37/h4-17,24,29-31H,1-3H3/t24-,29+,30-,31-/m0/s1. The van der Waals surface area contributed by atoms with Gasteiger partial charge in [-0.05, 0) is 71.1 Å². The van der Waals surface area contributed by atoms with Crippen molar-refractivity contribution in [2.24, 2.45) is 17.8 Å². The summed E-state index contributed by atoms with van der Waals surface area (Å²) < 4.78 is 11.2. The molecule has 0 radical (unpaired) electrons. The minimum Gasteiger partial charge on any atom is -0.497 e. The molecule has 198 valence electrons. The Bertz CT molecular complexity index is 1770. The Labute approximate surface area is 231 Å². The summed E-state index contributed by atoms with van der Waals surface area (Å²) >= 11 is 0. The summed E-state index contributed by atoms with van der Waals surface area (Å²) in [4.78, 5) is 43.5. The van der Waals surface area contributed by atoms with Crippen LogP contribution in [-0.2, 0) is 14.4 Å². The Kier molecular flexibility index (Phi) is 5.42. The van der Waals surface area contributed by atoms with Crippen molar-refractivity contribution in [1.82, 2.24) is 0 Å². The van der Waals surface area contributed by atoms with Crippen LogP contribution in [0.25, 0.3) is 16.3 Å². The first-order valence-electron chi connectivity index (χ1n) is 13.4. The van der Waals surface area contributed by atoms with Gasteiger partial charge in [-0.15, -0.1) is 0 Å². The number of aryl methyl sites for hydroxylation is 2. The summed E-state index contributed by atoms with van der Waals surface area (Å²) in [6, 6.07) is 25.0. The third-order valence-corrected chi connectivity index (χ3v) is 8.59. The van der Waals surface area contributed by atoms with Gasteiger partial charge in [-0.3, -0.25) is 14.4 Å². The number of methoxy groups -OCH3 is 1. The van der Waals surface area contributed by atoms with Crippen LogP contribution in [-0.4, -0.2) is 24.9 Å². The first-order valence-corrected chi connectivity index (χ1v) is 13.4. The van der Waals surface area contributed by atoms with Crippen molar-refractivity contribution >= 4 is 39.8 Å². The Morgan fingerprint density at radius 3 is 2.35 bits per heavy atom. The average molecular weight is 530 g/mol. The second-order valence-electron chi connectivity index (χ2n) is 10.8. The zero-order valence-electron chi connectivity index (χ0n) is 22.4. The van der Waals surface area contributed by atoms with Crippen LogP contribution in [0, 0.1) is 31.6 Å². The Hall–Kier alpha value is -4.71. The van der Waals surface area contributed by atoms with Gasteiger partial charge in [-0.25, -0.2) is 4.90 Å². The predicted molar refractivity (Wildman–Crippen MR) is 152 cm³/mol. The SMILES string of the molecule is COc1ccc([C@@H]2C=C3c4c(ccc5ccccc45)OC(=O)[C@@H]3[C@H]3C(=O)N(c4cc(C)ccc4C)C(=O)[C@@H]32)cc1. The summed E-state index contributed by atoms with van der Waals surface area (Å²) in [5.74, 6) is -2.93. The quantitative estimate of drug-likeness (QED) is 0.185. The zero-order valence-corrected chi connectivity index (χ0v) is 22.4. The van der Waals surface area contributed by atoms with Crippen LogP contribution >= 0.6 is 0 Å². The van der Waals surface area contributed by atoms with Gasteiger partial charge in [0.05, 0.1) is 30.6 Å². The average Bonchev–Trinajstić information content (AvgIpc) is 3.23. The van der Waals surface area contributed by atoms with Gasteiger partial charge in [0.25, 0.3) is 0 Å². The van der Waals surface area contributed by atoms with Crippen molar-refractivity contribution in [2.45, 2.75) is 19.8 Å². The summed E-state index contributed by atoms with van der Waals surface area (Å²) in [7, 11) is 1.61. The molecule has 0 aromatic heterocycles. The second kappa shape index (κ2) is 8.91. The molecule has 0 bridgehead atoms. The van der Waals surface area contributed by atoms with E-state index in [-0.39, 0.29) is 11.8 Å². The highest BCUT2D eigenvalue weighted by Gasteiger charge is 2.60. The van der Waals surface area contributed by atoms with Crippen LogP contribution in [0.15, 0.2) is 84.9 Å². The van der Waals surface area contributed by atoms with Gasteiger partial charge >= 0.3 is 5.97 Å². The van der Waals surface area contributed by atoms with E-state index in [4.69, 9.17) is 9.47 Å². The van der Waals surface area contributed by atoms with Crippen LogP contribution in [0.3, 0.4) is 0 Å². The summed E-state index contributed by atoms with van der Waals surface area (Å²) in [6.45, 7) is 3.82. The monoisotopic (exact) mass is 529 g/mol. The number of fused-ring (bicyclic) bond motifs is 7. The molecule has 0 unspecified atom stereocenters. The third kappa shape index (κ3) is 3.45. The molecular formula is C34H27NO5. The number of ether oxygens (including phenoxy) is 2. The number of allylic oxidation sites excluding steroid dienone is 1. The zero-order chi connectivity index (χ0) is 27.7. The highest BCUT2D eigenvalue weighted by Crippen LogP contribution is 2.56. The van der Waals surface area contributed by atoms with Crippen molar-refractivity contribution in [3.05, 3.63) is 107 Å². The lowest BCUT2D eigenvalue weighted by molar-refractivity contribution is -0.142. The van der Waals surface area contributed by atoms with Crippen molar-refractivity contribution in [1.29, 1.82) is 0 Å². The molecule has 2 amide bonds. The lowest BCUT2D eigenvalue weighted by Gasteiger charge is -2.38. The van der Waals surface area contributed by atoms with Crippen LogP contribution in [0.1, 0.15) is 28.2 Å². The van der Waals surface area contributed by atoms with Crippen LogP contribution in [0.5, 0.6) is 11.5 Å². The molecule has 4 aromatic rings. The smallest absolute Gasteiger partial charge is 0.319 e. The number of nitrogens with zero attached hydrogens (tertiary/aromatic N) is 1. The number of benzene rings is 4. The number of esters is 1. The molecule has 0 saturated carbocycles. The van der Waals surface area contributed by atoms with E-state index >= 15 is 0 Å². The molecule has 1 fully saturated rings. The summed E-state index contributed by atoms with van der Waals surface area (Å²) in [5, 5.41) is 1.95. The van der Waals surface area contributed by atoms with Gasteiger partial charge in [-0.2, -0.15) is 0 Å². The molecule has 2 aliphatic heterocycles. The lowest BCUT2D eigenvalue weighted by Crippen LogP contribution is -2.42. The van der Waals surface area contributed by atoms with E-state index in [0.717, 1.165) is 38.6 Å². The molecule has 7 rings (SSSR count). The molecule has 6 nitrogen and oxygen atoms in total. The number of hydrogen-bond donors (Lipinski definition) is 0. The fourth-order valence-corrected chi connectivity index (χ4v) is 6.68. The molecule has 4 aromatic carbocycles. The number of carbonyl (C=O) groups excluding carboxylic acids is 3. The molecule has 0 N–H and O–H groups in total. The van der Waals surface area contributed by atoms with Crippen LogP contribution < -0.4 is 14.4 Å². The summed E-state index contributed by atoms with van der Waals surface area (Å²) in [6.07, 6.45) is 2.02. The van der Waals surface area contributed by atoms with Gasteiger partial charge in [0.15, 0.2) is 0 Å². The Balaban J connectivity index is 1.47. The molecular weight excluding hydrogens is 502 g/mol. The van der Waals surface area contributed by atoms with Gasteiger partial charge in [0.1, 0.15) is 11.5 Å². The number of imide groups is 1. The van der Waals surface area contributed by atoms with Crippen molar-refractivity contribution in [2.75, 3.05) is 12.0 Å². The topological polar surface area (TPSA) is 72.9 Å². The number of amides is 2. The van der Waals surface area contributed by atoms with E-state index in [9.17, 15) is 14.4 Å². The minimum atomic E-state index is -0.890. The first-order chi connectivity index (χ1) is 19.4. The number of rotatable bonds is 3. The van der Waals surface area contributed by atoms with E-state index in [0.29, 0.717) is 17.2 Å². The maximum Gasteiger partial charge on any atom is 0.319 e. The second-order valence-corrected chi connectivity index (χ2v) is 10.8. The highest BCUT2D eigenvalue weighted by atomic mass is 16.5. The van der Waals surface area contributed by atoms with Crippen LogP contribution in [0.4, 0.5) is 5.69 Å². The maximum absolute atomic E-state index is 14.3. The predicted octanol–water partition coefficient (Wildman–Crippen LogP) is 5.99. The van der Waals surface area contributed by atoms with E-state index in [2.05, 4.69) is 0 Å². The summed E-state index contributed by atoms with van der Waals surface area (Å²) in [5.41, 5.74) is 4.77. The van der Waals surface area contributed by atoms with E-state index in [1.807, 2.05) is 98.8 Å². The molecule has 6 heteroatoms. The number of anilines is 1. The molecule has 1 aliphatic carbocycles. The van der Waals surface area contributed by atoms with E-state index < -0.39 is 29.6 Å². The van der Waals surface area contributed by atoms with Gasteiger partial charge in [0.2, 0.25) is 11.8 Å².